The van der Waals surface area contributed by atoms with Crippen LogP contribution in [-0.2, 0) is 4.74 Å². The Morgan fingerprint density at radius 1 is 1.47 bits per heavy atom. The Morgan fingerprint density at radius 3 is 2.74 bits per heavy atom. The summed E-state index contributed by atoms with van der Waals surface area (Å²) in [6, 6.07) is 1.77. The van der Waals surface area contributed by atoms with Crippen LogP contribution in [0.2, 0.25) is 10.0 Å². The smallest absolute Gasteiger partial charge is 0.253 e. The second-order valence-corrected chi connectivity index (χ2v) is 4.70. The molecule has 0 saturated carbocycles. The maximum atomic E-state index is 13.3. The Balaban J connectivity index is 2.84. The third-order valence-corrected chi connectivity index (χ3v) is 3.04. The zero-order valence-corrected chi connectivity index (χ0v) is 11.8. The van der Waals surface area contributed by atoms with Gasteiger partial charge in [-0.3, -0.25) is 4.79 Å². The minimum absolute atomic E-state index is 0.0115. The van der Waals surface area contributed by atoms with Crippen molar-refractivity contribution in [2.75, 3.05) is 20.3 Å². The lowest BCUT2D eigenvalue weighted by Gasteiger charge is -2.17. The van der Waals surface area contributed by atoms with Crippen LogP contribution in [-0.4, -0.2) is 37.4 Å². The fourth-order valence-electron chi connectivity index (χ4n) is 1.51. The first-order chi connectivity index (χ1) is 8.99. The van der Waals surface area contributed by atoms with Gasteiger partial charge < -0.3 is 15.2 Å². The molecule has 0 saturated heterocycles. The number of aliphatic hydroxyl groups excluding tert-OH is 1. The van der Waals surface area contributed by atoms with Gasteiger partial charge in [-0.1, -0.05) is 23.2 Å². The number of ether oxygens (including phenoxy) is 1. The molecule has 1 rings (SSSR count). The van der Waals surface area contributed by atoms with Crippen LogP contribution in [0.5, 0.6) is 0 Å². The van der Waals surface area contributed by atoms with E-state index < -0.39 is 11.7 Å². The van der Waals surface area contributed by atoms with E-state index in [9.17, 15) is 9.18 Å². The van der Waals surface area contributed by atoms with Gasteiger partial charge in [-0.25, -0.2) is 4.39 Å². The van der Waals surface area contributed by atoms with Crippen molar-refractivity contribution in [1.29, 1.82) is 0 Å². The van der Waals surface area contributed by atoms with E-state index in [0.29, 0.717) is 6.42 Å². The van der Waals surface area contributed by atoms with Crippen LogP contribution >= 0.6 is 23.2 Å². The number of aliphatic hydroxyl groups is 1. The predicted molar refractivity (Wildman–Crippen MR) is 71.3 cm³/mol. The standard InChI is InChI=1S/C12H14Cl2FNO3/c1-19-6-7(2-3-17)16-12(18)8-4-11(15)10(14)5-9(8)13/h4-5,7,17H,2-3,6H2,1H3,(H,16,18). The molecule has 0 aliphatic carbocycles. The van der Waals surface area contributed by atoms with Crippen molar-refractivity contribution in [2.24, 2.45) is 0 Å². The van der Waals surface area contributed by atoms with Crippen LogP contribution in [0.1, 0.15) is 16.8 Å². The Hall–Kier alpha value is -0.880. The summed E-state index contributed by atoms with van der Waals surface area (Å²) in [7, 11) is 1.48. The number of amides is 1. The summed E-state index contributed by atoms with van der Waals surface area (Å²) in [5.74, 6) is -1.27. The average Bonchev–Trinajstić information content (AvgIpc) is 2.34. The summed E-state index contributed by atoms with van der Waals surface area (Å²) in [6.07, 6.45) is 0.327. The Bertz CT molecular complexity index is 451. The summed E-state index contributed by atoms with van der Waals surface area (Å²) in [5.41, 5.74) is -0.0115. The number of hydrogen-bond donors (Lipinski definition) is 2. The highest BCUT2D eigenvalue weighted by atomic mass is 35.5. The van der Waals surface area contributed by atoms with Crippen LogP contribution in [0.3, 0.4) is 0 Å². The molecule has 1 amide bonds. The van der Waals surface area contributed by atoms with Gasteiger partial charge in [0.15, 0.2) is 0 Å². The number of methoxy groups -OCH3 is 1. The zero-order valence-electron chi connectivity index (χ0n) is 10.3. The van der Waals surface area contributed by atoms with Crippen molar-refractivity contribution in [1.82, 2.24) is 5.32 Å². The number of nitrogens with one attached hydrogen (secondary N) is 1. The molecule has 4 nitrogen and oxygen atoms in total. The minimum Gasteiger partial charge on any atom is -0.396 e. The van der Waals surface area contributed by atoms with Crippen molar-refractivity contribution in [3.63, 3.8) is 0 Å². The van der Waals surface area contributed by atoms with E-state index in [1.54, 1.807) is 0 Å². The zero-order chi connectivity index (χ0) is 14.4. The Kier molecular flexibility index (Phi) is 6.51. The van der Waals surface area contributed by atoms with Crippen LogP contribution in [0.15, 0.2) is 12.1 Å². The summed E-state index contributed by atoms with van der Waals surface area (Å²) in [5, 5.41) is 11.4. The van der Waals surface area contributed by atoms with Gasteiger partial charge in [-0.05, 0) is 18.6 Å². The molecule has 0 fully saturated rings. The van der Waals surface area contributed by atoms with Crippen molar-refractivity contribution in [3.8, 4) is 0 Å². The lowest BCUT2D eigenvalue weighted by molar-refractivity contribution is 0.0878. The topological polar surface area (TPSA) is 58.6 Å². The molecule has 7 heteroatoms. The lowest BCUT2D eigenvalue weighted by atomic mass is 10.1. The maximum absolute atomic E-state index is 13.3. The fourth-order valence-corrected chi connectivity index (χ4v) is 1.98. The molecule has 0 spiro atoms. The van der Waals surface area contributed by atoms with Gasteiger partial charge in [0.05, 0.1) is 28.3 Å². The SMILES string of the molecule is COCC(CCO)NC(=O)c1cc(F)c(Cl)cc1Cl. The predicted octanol–water partition coefficient (Wildman–Crippen LogP) is 2.26. The van der Waals surface area contributed by atoms with E-state index in [-0.39, 0.29) is 34.9 Å². The van der Waals surface area contributed by atoms with Gasteiger partial charge in [0.25, 0.3) is 5.91 Å². The molecule has 0 aliphatic rings. The molecular weight excluding hydrogens is 296 g/mol. The van der Waals surface area contributed by atoms with Crippen molar-refractivity contribution >= 4 is 29.1 Å². The summed E-state index contributed by atoms with van der Waals surface area (Å²) >= 11 is 11.4. The molecule has 1 aromatic carbocycles. The molecule has 0 heterocycles. The van der Waals surface area contributed by atoms with Gasteiger partial charge in [-0.2, -0.15) is 0 Å². The van der Waals surface area contributed by atoms with E-state index in [2.05, 4.69) is 5.32 Å². The molecule has 106 valence electrons. The molecule has 1 atom stereocenters. The third kappa shape index (κ3) is 4.62. The second kappa shape index (κ2) is 7.65. The van der Waals surface area contributed by atoms with Gasteiger partial charge in [0, 0.05) is 13.7 Å². The number of benzene rings is 1. The van der Waals surface area contributed by atoms with Crippen LogP contribution in [0.25, 0.3) is 0 Å². The maximum Gasteiger partial charge on any atom is 0.253 e. The Morgan fingerprint density at radius 2 is 2.16 bits per heavy atom. The first kappa shape index (κ1) is 16.2. The average molecular weight is 310 g/mol. The highest BCUT2D eigenvalue weighted by Gasteiger charge is 2.17. The molecule has 0 bridgehead atoms. The van der Waals surface area contributed by atoms with Crippen molar-refractivity contribution in [2.45, 2.75) is 12.5 Å². The molecule has 1 unspecified atom stereocenters. The first-order valence-electron chi connectivity index (χ1n) is 5.54. The monoisotopic (exact) mass is 309 g/mol. The summed E-state index contributed by atoms with van der Waals surface area (Å²) in [4.78, 5) is 11.9. The molecule has 2 N–H and O–H groups in total. The van der Waals surface area contributed by atoms with Gasteiger partial charge in [0.2, 0.25) is 0 Å². The van der Waals surface area contributed by atoms with Gasteiger partial charge in [0.1, 0.15) is 5.82 Å². The molecule has 0 aliphatic heterocycles. The molecular formula is C12H14Cl2FNO3. The number of carbonyl (C=O) groups excluding carboxylic acids is 1. The minimum atomic E-state index is -0.721. The number of rotatable bonds is 6. The van der Waals surface area contributed by atoms with E-state index in [4.69, 9.17) is 33.0 Å². The first-order valence-corrected chi connectivity index (χ1v) is 6.30. The summed E-state index contributed by atoms with van der Waals surface area (Å²) < 4.78 is 18.2. The number of hydrogen-bond acceptors (Lipinski definition) is 3. The van der Waals surface area contributed by atoms with E-state index in [1.807, 2.05) is 0 Å². The normalized spacial score (nSPS) is 12.3. The summed E-state index contributed by atoms with van der Waals surface area (Å²) in [6.45, 7) is 0.136. The highest BCUT2D eigenvalue weighted by molar-refractivity contribution is 6.36. The van der Waals surface area contributed by atoms with Crippen LogP contribution in [0.4, 0.5) is 4.39 Å². The number of halogens is 3. The van der Waals surface area contributed by atoms with Gasteiger partial charge in [-0.15, -0.1) is 0 Å². The molecule has 1 aromatic rings. The van der Waals surface area contributed by atoms with Gasteiger partial charge >= 0.3 is 0 Å². The van der Waals surface area contributed by atoms with Crippen molar-refractivity contribution in [3.05, 3.63) is 33.6 Å². The van der Waals surface area contributed by atoms with Crippen LogP contribution < -0.4 is 5.32 Å². The molecule has 0 radical (unpaired) electrons. The second-order valence-electron chi connectivity index (χ2n) is 3.88. The van der Waals surface area contributed by atoms with Crippen molar-refractivity contribution < 1.29 is 19.0 Å². The number of carbonyl (C=O) groups is 1. The van der Waals surface area contributed by atoms with E-state index >= 15 is 0 Å². The van der Waals surface area contributed by atoms with E-state index in [0.717, 1.165) is 6.07 Å². The fraction of sp³-hybridized carbons (Fsp3) is 0.417. The third-order valence-electron chi connectivity index (χ3n) is 2.44. The quantitative estimate of drug-likeness (QED) is 0.793. The lowest BCUT2D eigenvalue weighted by Crippen LogP contribution is -2.38. The Labute approximate surface area is 120 Å². The van der Waals surface area contributed by atoms with Crippen LogP contribution in [0, 0.1) is 5.82 Å². The molecule has 0 aromatic heterocycles. The highest BCUT2D eigenvalue weighted by Crippen LogP contribution is 2.24. The molecule has 19 heavy (non-hydrogen) atoms. The largest absolute Gasteiger partial charge is 0.396 e. The van der Waals surface area contributed by atoms with E-state index in [1.165, 1.54) is 13.2 Å².